The fraction of sp³-hybridized carbons (Fsp3) is 0.923. The van der Waals surface area contributed by atoms with Crippen LogP contribution >= 0.6 is 0 Å². The van der Waals surface area contributed by atoms with Crippen molar-refractivity contribution in [2.75, 3.05) is 13.2 Å². The summed E-state index contributed by atoms with van der Waals surface area (Å²) in [4.78, 5) is 12.1. The van der Waals surface area contributed by atoms with Crippen LogP contribution in [0.15, 0.2) is 0 Å². The van der Waals surface area contributed by atoms with Crippen LogP contribution in [-0.4, -0.2) is 24.7 Å². The molecule has 0 heterocycles. The van der Waals surface area contributed by atoms with Crippen LogP contribution in [0, 0.1) is 11.3 Å². The number of nitrogens with one attached hydrogen (secondary N) is 1. The Hall–Kier alpha value is -0.570. The molecule has 0 radical (unpaired) electrons. The van der Waals surface area contributed by atoms with Crippen molar-refractivity contribution in [3.8, 4) is 0 Å². The molecule has 0 aromatic rings. The van der Waals surface area contributed by atoms with E-state index in [0.717, 1.165) is 19.4 Å². The Morgan fingerprint density at radius 1 is 1.50 bits per heavy atom. The van der Waals surface area contributed by atoms with Crippen LogP contribution < -0.4 is 5.32 Å². The van der Waals surface area contributed by atoms with Crippen molar-refractivity contribution in [2.45, 2.75) is 53.0 Å². The Balaban J connectivity index is 2.72. The minimum atomic E-state index is -0.521. The number of carbonyl (C=O) groups is 1. The van der Waals surface area contributed by atoms with Crippen LogP contribution in [0.25, 0.3) is 0 Å². The number of hydrogen-bond donors (Lipinski definition) is 1. The smallest absolute Gasteiger partial charge is 0.326 e. The van der Waals surface area contributed by atoms with Crippen LogP contribution in [0.2, 0.25) is 0 Å². The molecule has 1 atom stereocenters. The molecule has 0 amide bonds. The van der Waals surface area contributed by atoms with Gasteiger partial charge in [-0.15, -0.1) is 0 Å². The maximum atomic E-state index is 12.1. The summed E-state index contributed by atoms with van der Waals surface area (Å²) in [6.07, 6.45) is 2.21. The summed E-state index contributed by atoms with van der Waals surface area (Å²) in [5.74, 6) is 0.437. The highest BCUT2D eigenvalue weighted by atomic mass is 16.5. The average molecular weight is 227 g/mol. The molecule has 3 heteroatoms. The van der Waals surface area contributed by atoms with Gasteiger partial charge in [0.1, 0.15) is 5.54 Å². The molecule has 1 aliphatic carbocycles. The van der Waals surface area contributed by atoms with Crippen molar-refractivity contribution in [3.63, 3.8) is 0 Å². The molecule has 0 aromatic carbocycles. The van der Waals surface area contributed by atoms with Crippen LogP contribution in [-0.2, 0) is 9.53 Å². The van der Waals surface area contributed by atoms with Gasteiger partial charge in [-0.05, 0) is 44.6 Å². The molecule has 0 saturated heterocycles. The third-order valence-electron chi connectivity index (χ3n) is 3.75. The molecule has 0 aromatic heterocycles. The van der Waals surface area contributed by atoms with Gasteiger partial charge in [0.15, 0.2) is 0 Å². The van der Waals surface area contributed by atoms with Crippen molar-refractivity contribution >= 4 is 5.97 Å². The SMILES string of the molecule is CCOC(=O)C(C)(NCC(C)C)C1(C)CC1. The third-order valence-corrected chi connectivity index (χ3v) is 3.75. The fourth-order valence-corrected chi connectivity index (χ4v) is 1.90. The van der Waals surface area contributed by atoms with Gasteiger partial charge in [0.05, 0.1) is 6.61 Å². The molecular weight excluding hydrogens is 202 g/mol. The van der Waals surface area contributed by atoms with E-state index in [1.807, 2.05) is 13.8 Å². The van der Waals surface area contributed by atoms with Gasteiger partial charge in [-0.1, -0.05) is 20.8 Å². The summed E-state index contributed by atoms with van der Waals surface area (Å²) in [6.45, 7) is 11.6. The molecule has 1 aliphatic rings. The first-order valence-electron chi connectivity index (χ1n) is 6.28. The van der Waals surface area contributed by atoms with Crippen molar-refractivity contribution < 1.29 is 9.53 Å². The predicted octanol–water partition coefficient (Wildman–Crippen LogP) is 2.35. The van der Waals surface area contributed by atoms with E-state index in [1.54, 1.807) is 0 Å². The lowest BCUT2D eigenvalue weighted by molar-refractivity contribution is -0.153. The van der Waals surface area contributed by atoms with Gasteiger partial charge in [-0.2, -0.15) is 0 Å². The largest absolute Gasteiger partial charge is 0.465 e. The Kier molecular flexibility index (Phi) is 4.00. The number of ether oxygens (including phenoxy) is 1. The molecule has 0 aliphatic heterocycles. The summed E-state index contributed by atoms with van der Waals surface area (Å²) >= 11 is 0. The minimum absolute atomic E-state index is 0.0775. The average Bonchev–Trinajstić information content (AvgIpc) is 2.94. The predicted molar refractivity (Wildman–Crippen MR) is 65.2 cm³/mol. The lowest BCUT2D eigenvalue weighted by atomic mass is 9.83. The molecule has 1 N–H and O–H groups in total. The minimum Gasteiger partial charge on any atom is -0.465 e. The highest BCUT2D eigenvalue weighted by Crippen LogP contribution is 2.54. The number of carbonyl (C=O) groups excluding carboxylic acids is 1. The fourth-order valence-electron chi connectivity index (χ4n) is 1.90. The van der Waals surface area contributed by atoms with Gasteiger partial charge >= 0.3 is 5.97 Å². The number of esters is 1. The van der Waals surface area contributed by atoms with Crippen LogP contribution in [0.3, 0.4) is 0 Å². The molecule has 1 saturated carbocycles. The molecule has 94 valence electrons. The van der Waals surface area contributed by atoms with E-state index in [0.29, 0.717) is 12.5 Å². The van der Waals surface area contributed by atoms with E-state index in [4.69, 9.17) is 4.74 Å². The first kappa shape index (κ1) is 13.5. The maximum Gasteiger partial charge on any atom is 0.326 e. The van der Waals surface area contributed by atoms with Gasteiger partial charge < -0.3 is 10.1 Å². The quantitative estimate of drug-likeness (QED) is 0.708. The maximum absolute atomic E-state index is 12.1. The lowest BCUT2D eigenvalue weighted by Crippen LogP contribution is -2.57. The number of rotatable bonds is 6. The number of hydrogen-bond acceptors (Lipinski definition) is 3. The molecular formula is C13H25NO2. The second-order valence-electron chi connectivity index (χ2n) is 5.68. The van der Waals surface area contributed by atoms with Gasteiger partial charge in [-0.3, -0.25) is 4.79 Å². The van der Waals surface area contributed by atoms with Gasteiger partial charge in [0.25, 0.3) is 0 Å². The summed E-state index contributed by atoms with van der Waals surface area (Å²) in [5, 5.41) is 3.41. The van der Waals surface area contributed by atoms with E-state index in [-0.39, 0.29) is 11.4 Å². The first-order valence-corrected chi connectivity index (χ1v) is 6.28. The van der Waals surface area contributed by atoms with Gasteiger partial charge in [-0.25, -0.2) is 0 Å². The van der Waals surface area contributed by atoms with E-state index in [9.17, 15) is 4.79 Å². The van der Waals surface area contributed by atoms with Gasteiger partial charge in [0.2, 0.25) is 0 Å². The second-order valence-corrected chi connectivity index (χ2v) is 5.68. The van der Waals surface area contributed by atoms with Gasteiger partial charge in [0, 0.05) is 0 Å². The summed E-state index contributed by atoms with van der Waals surface area (Å²) in [7, 11) is 0. The third kappa shape index (κ3) is 2.57. The molecule has 0 spiro atoms. The normalized spacial score (nSPS) is 21.6. The van der Waals surface area contributed by atoms with E-state index in [2.05, 4.69) is 26.1 Å². The molecule has 16 heavy (non-hydrogen) atoms. The summed E-state index contributed by atoms with van der Waals surface area (Å²) in [6, 6.07) is 0. The van der Waals surface area contributed by atoms with Crippen LogP contribution in [0.5, 0.6) is 0 Å². The van der Waals surface area contributed by atoms with Crippen molar-refractivity contribution in [1.29, 1.82) is 0 Å². The topological polar surface area (TPSA) is 38.3 Å². The monoisotopic (exact) mass is 227 g/mol. The zero-order valence-electron chi connectivity index (χ0n) is 11.2. The molecule has 0 bridgehead atoms. The zero-order valence-corrected chi connectivity index (χ0v) is 11.2. The van der Waals surface area contributed by atoms with E-state index in [1.165, 1.54) is 0 Å². The molecule has 1 rings (SSSR count). The van der Waals surface area contributed by atoms with Crippen LogP contribution in [0.4, 0.5) is 0 Å². The Bertz CT molecular complexity index is 259. The second kappa shape index (κ2) is 4.74. The lowest BCUT2D eigenvalue weighted by Gasteiger charge is -2.35. The van der Waals surface area contributed by atoms with Crippen LogP contribution in [0.1, 0.15) is 47.5 Å². The molecule has 1 unspecified atom stereocenters. The van der Waals surface area contributed by atoms with Crippen molar-refractivity contribution in [3.05, 3.63) is 0 Å². The standard InChI is InChI=1S/C13H25NO2/c1-6-16-11(15)13(5,12(4)7-8-12)14-9-10(2)3/h10,14H,6-9H2,1-5H3. The Morgan fingerprint density at radius 3 is 2.44 bits per heavy atom. The Morgan fingerprint density at radius 2 is 2.06 bits per heavy atom. The van der Waals surface area contributed by atoms with Crippen molar-refractivity contribution in [1.82, 2.24) is 5.32 Å². The molecule has 1 fully saturated rings. The zero-order chi connectivity index (χ0) is 12.4. The summed E-state index contributed by atoms with van der Waals surface area (Å²) in [5.41, 5.74) is -0.443. The molecule has 3 nitrogen and oxygen atoms in total. The highest BCUT2D eigenvalue weighted by Gasteiger charge is 2.58. The summed E-state index contributed by atoms with van der Waals surface area (Å²) < 4.78 is 5.20. The van der Waals surface area contributed by atoms with Crippen molar-refractivity contribution in [2.24, 2.45) is 11.3 Å². The first-order chi connectivity index (χ1) is 7.35. The van der Waals surface area contributed by atoms with E-state index >= 15 is 0 Å². The van der Waals surface area contributed by atoms with E-state index < -0.39 is 5.54 Å². The Labute approximate surface area is 98.9 Å². The highest BCUT2D eigenvalue weighted by molar-refractivity contribution is 5.82.